The van der Waals surface area contributed by atoms with E-state index in [0.29, 0.717) is 0 Å². The van der Waals surface area contributed by atoms with Gasteiger partial charge in [0.25, 0.3) is 5.91 Å². The van der Waals surface area contributed by atoms with Crippen LogP contribution in [-0.2, 0) is 11.2 Å². The summed E-state index contributed by atoms with van der Waals surface area (Å²) in [6, 6.07) is -1.46. The van der Waals surface area contributed by atoms with Crippen molar-refractivity contribution in [2.45, 2.75) is 33.2 Å². The second-order valence-electron chi connectivity index (χ2n) is 4.99. The number of ether oxygens (including phenoxy) is 1. The van der Waals surface area contributed by atoms with E-state index >= 15 is 0 Å². The molecule has 8 heteroatoms. The van der Waals surface area contributed by atoms with E-state index in [1.54, 1.807) is 0 Å². The smallest absolute Gasteiger partial charge is 0.320 e. The lowest BCUT2D eigenvalue weighted by molar-refractivity contribution is -0.138. The standard InChI is InChI=1S/C14H18F2N2O4.C2H6/c1-6-9(13(19)18(2)3)7(5-8(17)14(20)21)10(15)11(16)12(6)22-4;1-2/h8H,5,17H2,1-4H3,(H,20,21);1-2H3. The molecule has 0 aliphatic carbocycles. The zero-order valence-corrected chi connectivity index (χ0v) is 14.7. The van der Waals surface area contributed by atoms with Crippen LogP contribution in [0.4, 0.5) is 8.78 Å². The van der Waals surface area contributed by atoms with Crippen molar-refractivity contribution in [3.63, 3.8) is 0 Å². The number of benzene rings is 1. The fourth-order valence-corrected chi connectivity index (χ4v) is 2.10. The zero-order chi connectivity index (χ0) is 19.2. The first-order chi connectivity index (χ1) is 11.1. The van der Waals surface area contributed by atoms with Crippen LogP contribution in [0.25, 0.3) is 0 Å². The molecule has 1 atom stereocenters. The van der Waals surface area contributed by atoms with Gasteiger partial charge in [-0.25, -0.2) is 4.39 Å². The van der Waals surface area contributed by atoms with Crippen LogP contribution < -0.4 is 10.5 Å². The summed E-state index contributed by atoms with van der Waals surface area (Å²) >= 11 is 0. The van der Waals surface area contributed by atoms with Crippen molar-refractivity contribution in [2.24, 2.45) is 5.73 Å². The van der Waals surface area contributed by atoms with Gasteiger partial charge in [0.1, 0.15) is 6.04 Å². The highest BCUT2D eigenvalue weighted by atomic mass is 19.2. The number of carboxylic acids is 1. The van der Waals surface area contributed by atoms with Crippen molar-refractivity contribution >= 4 is 11.9 Å². The molecule has 1 aromatic carbocycles. The van der Waals surface area contributed by atoms with E-state index in [-0.39, 0.29) is 16.7 Å². The SMILES string of the molecule is CC.COc1c(C)c(C(=O)N(C)C)c(CC(N)C(=O)O)c(F)c1F. The Labute approximate surface area is 140 Å². The second-order valence-corrected chi connectivity index (χ2v) is 4.99. The number of nitrogens with two attached hydrogens (primary N) is 1. The molecule has 1 rings (SSSR count). The lowest BCUT2D eigenvalue weighted by Gasteiger charge is -2.20. The first kappa shape index (κ1) is 21.8. The summed E-state index contributed by atoms with van der Waals surface area (Å²) in [5, 5.41) is 8.85. The first-order valence-electron chi connectivity index (χ1n) is 7.37. The van der Waals surface area contributed by atoms with Crippen molar-refractivity contribution in [1.29, 1.82) is 0 Å². The number of carboxylic acid groups (broad SMARTS) is 1. The largest absolute Gasteiger partial charge is 0.493 e. The van der Waals surface area contributed by atoms with E-state index < -0.39 is 41.7 Å². The molecule has 0 aliphatic heterocycles. The molecule has 0 saturated carbocycles. The molecular weight excluding hydrogens is 322 g/mol. The van der Waals surface area contributed by atoms with Crippen molar-refractivity contribution in [2.75, 3.05) is 21.2 Å². The minimum Gasteiger partial charge on any atom is -0.493 e. The molecule has 0 aliphatic rings. The number of aliphatic carboxylic acids is 1. The summed E-state index contributed by atoms with van der Waals surface area (Å²) in [5.41, 5.74) is 4.97. The molecule has 136 valence electrons. The van der Waals surface area contributed by atoms with Crippen molar-refractivity contribution in [3.05, 3.63) is 28.3 Å². The van der Waals surface area contributed by atoms with Crippen molar-refractivity contribution in [3.8, 4) is 5.75 Å². The van der Waals surface area contributed by atoms with E-state index in [1.807, 2.05) is 13.8 Å². The van der Waals surface area contributed by atoms with E-state index in [4.69, 9.17) is 15.6 Å². The Balaban J connectivity index is 0.00000254. The van der Waals surface area contributed by atoms with Gasteiger partial charge in [-0.1, -0.05) is 13.8 Å². The Kier molecular flexibility index (Phi) is 8.32. The number of halogens is 2. The van der Waals surface area contributed by atoms with Gasteiger partial charge in [-0.05, 0) is 6.92 Å². The van der Waals surface area contributed by atoms with Gasteiger partial charge in [0.05, 0.1) is 12.7 Å². The second kappa shape index (κ2) is 9.17. The third-order valence-corrected chi connectivity index (χ3v) is 3.24. The maximum Gasteiger partial charge on any atom is 0.320 e. The van der Waals surface area contributed by atoms with Crippen LogP contribution in [0.1, 0.15) is 35.3 Å². The summed E-state index contributed by atoms with van der Waals surface area (Å²) in [4.78, 5) is 24.3. The van der Waals surface area contributed by atoms with Crippen LogP contribution in [0.3, 0.4) is 0 Å². The summed E-state index contributed by atoms with van der Waals surface area (Å²) in [6.07, 6.45) is -0.516. The predicted octanol–water partition coefficient (Wildman–Crippen LogP) is 1.96. The fraction of sp³-hybridized carbons (Fsp3) is 0.500. The van der Waals surface area contributed by atoms with E-state index in [1.165, 1.54) is 25.9 Å². The van der Waals surface area contributed by atoms with Crippen LogP contribution in [0.5, 0.6) is 5.75 Å². The highest BCUT2D eigenvalue weighted by Crippen LogP contribution is 2.32. The first-order valence-corrected chi connectivity index (χ1v) is 7.37. The molecule has 24 heavy (non-hydrogen) atoms. The van der Waals surface area contributed by atoms with Crippen LogP contribution in [0.2, 0.25) is 0 Å². The highest BCUT2D eigenvalue weighted by Gasteiger charge is 2.29. The quantitative estimate of drug-likeness (QED) is 0.850. The summed E-state index contributed by atoms with van der Waals surface area (Å²) in [5.74, 6) is -4.97. The monoisotopic (exact) mass is 346 g/mol. The van der Waals surface area contributed by atoms with Gasteiger partial charge in [-0.2, -0.15) is 4.39 Å². The summed E-state index contributed by atoms with van der Waals surface area (Å²) in [6.45, 7) is 5.40. The minimum atomic E-state index is -1.46. The third kappa shape index (κ3) is 4.41. The molecule has 1 aromatic rings. The van der Waals surface area contributed by atoms with Crippen LogP contribution in [-0.4, -0.2) is 49.1 Å². The predicted molar refractivity (Wildman–Crippen MR) is 86.3 cm³/mol. The van der Waals surface area contributed by atoms with E-state index in [2.05, 4.69) is 0 Å². The average molecular weight is 346 g/mol. The van der Waals surface area contributed by atoms with E-state index in [0.717, 1.165) is 7.11 Å². The van der Waals surface area contributed by atoms with Gasteiger partial charge in [0.15, 0.2) is 11.6 Å². The molecule has 0 heterocycles. The Morgan fingerprint density at radius 3 is 2.12 bits per heavy atom. The lowest BCUT2D eigenvalue weighted by atomic mass is 9.94. The van der Waals surface area contributed by atoms with Crippen LogP contribution in [0.15, 0.2) is 0 Å². The maximum atomic E-state index is 14.3. The molecule has 1 unspecified atom stereocenters. The molecule has 0 radical (unpaired) electrons. The topological polar surface area (TPSA) is 92.9 Å². The maximum absolute atomic E-state index is 14.3. The van der Waals surface area contributed by atoms with Gasteiger partial charge in [0.2, 0.25) is 5.82 Å². The number of carbonyl (C=O) groups excluding carboxylic acids is 1. The number of rotatable bonds is 5. The molecule has 0 fully saturated rings. The molecule has 0 aromatic heterocycles. The molecule has 0 saturated heterocycles. The number of amides is 1. The van der Waals surface area contributed by atoms with Crippen LogP contribution in [0, 0.1) is 18.6 Å². The molecule has 1 amide bonds. The fourth-order valence-electron chi connectivity index (χ4n) is 2.10. The summed E-state index contributed by atoms with van der Waals surface area (Å²) in [7, 11) is 4.03. The normalized spacial score (nSPS) is 11.2. The highest BCUT2D eigenvalue weighted by molar-refractivity contribution is 5.98. The van der Waals surface area contributed by atoms with E-state index in [9.17, 15) is 18.4 Å². The van der Waals surface area contributed by atoms with Gasteiger partial charge >= 0.3 is 5.97 Å². The Hall–Kier alpha value is -2.22. The van der Waals surface area contributed by atoms with Gasteiger partial charge in [-0.15, -0.1) is 0 Å². The third-order valence-electron chi connectivity index (χ3n) is 3.24. The van der Waals surface area contributed by atoms with Crippen LogP contribution >= 0.6 is 0 Å². The molecule has 0 spiro atoms. The number of nitrogens with zero attached hydrogens (tertiary/aromatic N) is 1. The number of carbonyl (C=O) groups is 2. The number of methoxy groups -OCH3 is 1. The van der Waals surface area contributed by atoms with Gasteiger partial charge < -0.3 is 20.5 Å². The minimum absolute atomic E-state index is 0.0905. The molecule has 6 nitrogen and oxygen atoms in total. The summed E-state index contributed by atoms with van der Waals surface area (Å²) < 4.78 is 33.1. The van der Waals surface area contributed by atoms with Gasteiger partial charge in [-0.3, -0.25) is 9.59 Å². The Bertz CT molecular complexity index is 619. The molecule has 3 N–H and O–H groups in total. The number of hydrogen-bond donors (Lipinski definition) is 2. The lowest BCUT2D eigenvalue weighted by Crippen LogP contribution is -2.34. The van der Waals surface area contributed by atoms with Crippen molar-refractivity contribution < 1.29 is 28.2 Å². The average Bonchev–Trinajstić information content (AvgIpc) is 2.54. The molecule has 0 bridgehead atoms. The Morgan fingerprint density at radius 2 is 1.75 bits per heavy atom. The number of hydrogen-bond acceptors (Lipinski definition) is 4. The zero-order valence-electron chi connectivity index (χ0n) is 14.7. The Morgan fingerprint density at radius 1 is 1.25 bits per heavy atom. The van der Waals surface area contributed by atoms with Crippen molar-refractivity contribution in [1.82, 2.24) is 4.90 Å². The van der Waals surface area contributed by atoms with Gasteiger partial charge in [0, 0.05) is 31.6 Å². The molecular formula is C16H24F2N2O4.